The molecule has 2 aromatic rings. The lowest BCUT2D eigenvalue weighted by molar-refractivity contribution is 0.0728. The van der Waals surface area contributed by atoms with E-state index < -0.39 is 11.8 Å². The average Bonchev–Trinajstić information content (AvgIpc) is 2.68. The summed E-state index contributed by atoms with van der Waals surface area (Å²) in [4.78, 5) is 11.5. The van der Waals surface area contributed by atoms with E-state index >= 15 is 0 Å². The maximum atomic E-state index is 13.2. The van der Waals surface area contributed by atoms with Gasteiger partial charge in [-0.3, -0.25) is 0 Å². The molecule has 4 nitrogen and oxygen atoms in total. The summed E-state index contributed by atoms with van der Waals surface area (Å²) in [6.07, 6.45) is 1.26. The molecule has 0 saturated carbocycles. The predicted molar refractivity (Wildman–Crippen MR) is 54.5 cm³/mol. The Morgan fingerprint density at radius 3 is 2.69 bits per heavy atom. The quantitative estimate of drug-likeness (QED) is 0.623. The molecule has 0 aliphatic heterocycles. The molecule has 2 rings (SSSR count). The summed E-state index contributed by atoms with van der Waals surface area (Å²) >= 11 is 0. The molecule has 1 heterocycles. The zero-order chi connectivity index (χ0) is 11.5. The zero-order valence-corrected chi connectivity index (χ0v) is 8.14. The van der Waals surface area contributed by atoms with Gasteiger partial charge in [0.05, 0.1) is 6.26 Å². The third kappa shape index (κ3) is 1.88. The number of carbonyl (C=O) groups is 1. The van der Waals surface area contributed by atoms with E-state index in [4.69, 9.17) is 14.9 Å². The number of para-hydroxylation sites is 1. The standard InChI is InChI=1S/C11H8FNO3/c12-8-3-1-2-4-9(8)16-11(14)7-5-6-15-10(7)13/h1-6H,13H2. The van der Waals surface area contributed by atoms with E-state index in [1.54, 1.807) is 6.07 Å². The lowest BCUT2D eigenvalue weighted by Gasteiger charge is -2.03. The molecule has 82 valence electrons. The van der Waals surface area contributed by atoms with Crippen LogP contribution in [0.4, 0.5) is 10.3 Å². The summed E-state index contributed by atoms with van der Waals surface area (Å²) in [7, 11) is 0. The highest BCUT2D eigenvalue weighted by Crippen LogP contribution is 2.19. The maximum Gasteiger partial charge on any atom is 0.349 e. The lowest BCUT2D eigenvalue weighted by atomic mass is 10.3. The van der Waals surface area contributed by atoms with Crippen LogP contribution in [0.1, 0.15) is 10.4 Å². The molecule has 1 aromatic carbocycles. The summed E-state index contributed by atoms with van der Waals surface area (Å²) in [5, 5.41) is 0. The van der Waals surface area contributed by atoms with Crippen LogP contribution in [0.5, 0.6) is 5.75 Å². The lowest BCUT2D eigenvalue weighted by Crippen LogP contribution is -2.10. The van der Waals surface area contributed by atoms with Crippen LogP contribution >= 0.6 is 0 Å². The van der Waals surface area contributed by atoms with Crippen LogP contribution in [0.25, 0.3) is 0 Å². The van der Waals surface area contributed by atoms with Crippen molar-refractivity contribution in [1.82, 2.24) is 0 Å². The fourth-order valence-electron chi connectivity index (χ4n) is 1.17. The first-order valence-electron chi connectivity index (χ1n) is 4.48. The van der Waals surface area contributed by atoms with E-state index in [0.29, 0.717) is 0 Å². The molecule has 0 atom stereocenters. The van der Waals surface area contributed by atoms with Crippen LogP contribution in [-0.4, -0.2) is 5.97 Å². The number of nitrogens with two attached hydrogens (primary N) is 1. The van der Waals surface area contributed by atoms with Gasteiger partial charge in [0.1, 0.15) is 5.56 Å². The van der Waals surface area contributed by atoms with Crippen LogP contribution in [0, 0.1) is 5.82 Å². The molecule has 0 saturated heterocycles. The highest BCUT2D eigenvalue weighted by atomic mass is 19.1. The summed E-state index contributed by atoms with van der Waals surface area (Å²) in [5.74, 6) is -1.57. The van der Waals surface area contributed by atoms with Crippen LogP contribution in [0.15, 0.2) is 41.0 Å². The van der Waals surface area contributed by atoms with E-state index in [2.05, 4.69) is 0 Å². The Morgan fingerprint density at radius 1 is 1.31 bits per heavy atom. The SMILES string of the molecule is Nc1occc1C(=O)Oc1ccccc1F. The van der Waals surface area contributed by atoms with Gasteiger partial charge in [0.2, 0.25) is 5.88 Å². The first-order valence-corrected chi connectivity index (χ1v) is 4.48. The number of esters is 1. The summed E-state index contributed by atoms with van der Waals surface area (Å²) < 4.78 is 22.7. The summed E-state index contributed by atoms with van der Waals surface area (Å²) in [6.45, 7) is 0. The van der Waals surface area contributed by atoms with Gasteiger partial charge in [0, 0.05) is 0 Å². The average molecular weight is 221 g/mol. The van der Waals surface area contributed by atoms with Crippen LogP contribution in [-0.2, 0) is 0 Å². The van der Waals surface area contributed by atoms with Crippen LogP contribution in [0.2, 0.25) is 0 Å². The molecular formula is C11H8FNO3. The smallest absolute Gasteiger partial charge is 0.349 e. The molecule has 2 N–H and O–H groups in total. The van der Waals surface area contributed by atoms with E-state index in [-0.39, 0.29) is 17.2 Å². The molecule has 5 heteroatoms. The van der Waals surface area contributed by atoms with E-state index in [1.807, 2.05) is 0 Å². The molecule has 0 spiro atoms. The number of carbonyl (C=O) groups excluding carboxylic acids is 1. The van der Waals surface area contributed by atoms with Gasteiger partial charge in [-0.2, -0.15) is 0 Å². The van der Waals surface area contributed by atoms with Crippen molar-refractivity contribution in [2.75, 3.05) is 5.73 Å². The second kappa shape index (κ2) is 4.06. The molecule has 0 radical (unpaired) electrons. The number of rotatable bonds is 2. The topological polar surface area (TPSA) is 65.5 Å². The van der Waals surface area contributed by atoms with Crippen molar-refractivity contribution >= 4 is 11.9 Å². The van der Waals surface area contributed by atoms with Crippen molar-refractivity contribution in [3.05, 3.63) is 48.0 Å². The molecule has 0 bridgehead atoms. The fraction of sp³-hybridized carbons (Fsp3) is 0. The molecule has 0 aliphatic carbocycles. The van der Waals surface area contributed by atoms with E-state index in [9.17, 15) is 9.18 Å². The van der Waals surface area contributed by atoms with Gasteiger partial charge in [-0.05, 0) is 18.2 Å². The molecule has 0 fully saturated rings. The second-order valence-corrected chi connectivity index (χ2v) is 3.02. The molecule has 0 amide bonds. The minimum Gasteiger partial charge on any atom is -0.448 e. The van der Waals surface area contributed by atoms with Gasteiger partial charge < -0.3 is 14.9 Å². The highest BCUT2D eigenvalue weighted by Gasteiger charge is 2.16. The number of nitrogen functional groups attached to an aromatic ring is 1. The van der Waals surface area contributed by atoms with Crippen molar-refractivity contribution in [1.29, 1.82) is 0 Å². The minimum absolute atomic E-state index is 0.0543. The largest absolute Gasteiger partial charge is 0.448 e. The van der Waals surface area contributed by atoms with Crippen molar-refractivity contribution < 1.29 is 18.3 Å². The Balaban J connectivity index is 2.21. The molecular weight excluding hydrogens is 213 g/mol. The third-order valence-corrected chi connectivity index (χ3v) is 1.95. The predicted octanol–water partition coefficient (Wildman–Crippen LogP) is 2.22. The minimum atomic E-state index is -0.753. The number of anilines is 1. The molecule has 0 aliphatic rings. The monoisotopic (exact) mass is 221 g/mol. The Kier molecular flexibility index (Phi) is 2.59. The van der Waals surface area contributed by atoms with Crippen molar-refractivity contribution in [3.8, 4) is 5.75 Å². The van der Waals surface area contributed by atoms with Crippen molar-refractivity contribution in [2.45, 2.75) is 0 Å². The number of hydrogen-bond acceptors (Lipinski definition) is 4. The number of furan rings is 1. The summed E-state index contributed by atoms with van der Waals surface area (Å²) in [6, 6.07) is 6.96. The highest BCUT2D eigenvalue weighted by molar-refractivity contribution is 5.95. The number of benzene rings is 1. The molecule has 1 aromatic heterocycles. The number of ether oxygens (including phenoxy) is 1. The van der Waals surface area contributed by atoms with E-state index in [1.165, 1.54) is 30.5 Å². The van der Waals surface area contributed by atoms with Gasteiger partial charge >= 0.3 is 5.97 Å². The Labute approximate surface area is 90.4 Å². The Bertz CT molecular complexity index is 521. The van der Waals surface area contributed by atoms with Crippen molar-refractivity contribution in [2.24, 2.45) is 0 Å². The summed E-state index contributed by atoms with van der Waals surface area (Å²) in [5.41, 5.74) is 5.44. The Hall–Kier alpha value is -2.30. The van der Waals surface area contributed by atoms with Crippen LogP contribution in [0.3, 0.4) is 0 Å². The first kappa shape index (κ1) is 10.2. The molecule has 0 unspecified atom stereocenters. The van der Waals surface area contributed by atoms with Gasteiger partial charge in [0.25, 0.3) is 0 Å². The van der Waals surface area contributed by atoms with Gasteiger partial charge in [-0.15, -0.1) is 0 Å². The first-order chi connectivity index (χ1) is 7.68. The number of hydrogen-bond donors (Lipinski definition) is 1. The third-order valence-electron chi connectivity index (χ3n) is 1.95. The van der Waals surface area contributed by atoms with E-state index in [0.717, 1.165) is 0 Å². The zero-order valence-electron chi connectivity index (χ0n) is 8.14. The van der Waals surface area contributed by atoms with Gasteiger partial charge in [-0.1, -0.05) is 12.1 Å². The van der Waals surface area contributed by atoms with Gasteiger partial charge in [-0.25, -0.2) is 9.18 Å². The fourth-order valence-corrected chi connectivity index (χ4v) is 1.17. The Morgan fingerprint density at radius 2 is 2.06 bits per heavy atom. The molecule has 16 heavy (non-hydrogen) atoms. The van der Waals surface area contributed by atoms with Crippen molar-refractivity contribution in [3.63, 3.8) is 0 Å². The van der Waals surface area contributed by atoms with Crippen LogP contribution < -0.4 is 10.5 Å². The van der Waals surface area contributed by atoms with Gasteiger partial charge in [0.15, 0.2) is 11.6 Å². The normalized spacial score (nSPS) is 10.1. The maximum absolute atomic E-state index is 13.2. The second-order valence-electron chi connectivity index (χ2n) is 3.02. The number of halogens is 1.